The summed E-state index contributed by atoms with van der Waals surface area (Å²) in [5.41, 5.74) is 8.65. The highest BCUT2D eigenvalue weighted by atomic mass is 16.5. The van der Waals surface area contributed by atoms with Gasteiger partial charge in [-0.05, 0) is 86.0 Å². The van der Waals surface area contributed by atoms with E-state index in [9.17, 15) is 0 Å². The molecule has 3 nitrogen and oxygen atoms in total. The molecule has 1 fully saturated rings. The molecule has 0 amide bonds. The monoisotopic (exact) mass is 450 g/mol. The molecule has 2 atom stereocenters. The van der Waals surface area contributed by atoms with Crippen molar-refractivity contribution in [1.29, 1.82) is 0 Å². The van der Waals surface area contributed by atoms with Crippen LogP contribution in [0.3, 0.4) is 0 Å². The molecule has 2 aliphatic rings. The van der Waals surface area contributed by atoms with Gasteiger partial charge in [-0.2, -0.15) is 0 Å². The lowest BCUT2D eigenvalue weighted by Crippen LogP contribution is -2.54. The van der Waals surface area contributed by atoms with Gasteiger partial charge >= 0.3 is 0 Å². The normalized spacial score (nSPS) is 22.4. The van der Waals surface area contributed by atoms with Crippen LogP contribution in [0.4, 0.5) is 0 Å². The van der Waals surface area contributed by atoms with E-state index < -0.39 is 0 Å². The van der Waals surface area contributed by atoms with Gasteiger partial charge in [0.2, 0.25) is 0 Å². The van der Waals surface area contributed by atoms with E-state index in [1.165, 1.54) is 39.7 Å². The minimum atomic E-state index is 0.153. The van der Waals surface area contributed by atoms with E-state index in [1.54, 1.807) is 12.7 Å². The van der Waals surface area contributed by atoms with Crippen molar-refractivity contribution in [2.24, 2.45) is 5.92 Å². The highest BCUT2D eigenvalue weighted by Crippen LogP contribution is 2.49. The first-order chi connectivity index (χ1) is 16.6. The Labute approximate surface area is 202 Å². The maximum atomic E-state index is 5.64. The summed E-state index contributed by atoms with van der Waals surface area (Å²) in [6.07, 6.45) is 4.53. The van der Waals surface area contributed by atoms with Crippen LogP contribution >= 0.6 is 0 Å². The van der Waals surface area contributed by atoms with Crippen molar-refractivity contribution in [3.8, 4) is 5.75 Å². The summed E-state index contributed by atoms with van der Waals surface area (Å²) >= 11 is 0. The van der Waals surface area contributed by atoms with Crippen molar-refractivity contribution in [2.75, 3.05) is 26.7 Å². The van der Waals surface area contributed by atoms with Crippen LogP contribution in [0.1, 0.15) is 34.4 Å². The van der Waals surface area contributed by atoms with E-state index in [1.807, 2.05) is 0 Å². The van der Waals surface area contributed by atoms with Crippen molar-refractivity contribution in [3.63, 3.8) is 0 Å². The number of benzene rings is 3. The number of aromatic nitrogens is 1. The van der Waals surface area contributed by atoms with Crippen LogP contribution in [-0.2, 0) is 24.7 Å². The highest BCUT2D eigenvalue weighted by molar-refractivity contribution is 5.86. The summed E-state index contributed by atoms with van der Waals surface area (Å²) in [6, 6.07) is 26.7. The first-order valence-electron chi connectivity index (χ1n) is 12.7. The summed E-state index contributed by atoms with van der Waals surface area (Å²) < 4.78 is 5.64. The molecule has 2 heterocycles. The number of H-pyrrole nitrogens is 1. The van der Waals surface area contributed by atoms with Crippen LogP contribution in [-0.4, -0.2) is 36.6 Å². The van der Waals surface area contributed by atoms with Gasteiger partial charge in [-0.15, -0.1) is 0 Å². The Morgan fingerprint density at radius 1 is 1.03 bits per heavy atom. The fourth-order valence-corrected chi connectivity index (χ4v) is 6.55. The molecule has 1 aliphatic carbocycles. The van der Waals surface area contributed by atoms with Crippen LogP contribution in [0.15, 0.2) is 72.8 Å². The van der Waals surface area contributed by atoms with Crippen LogP contribution in [0, 0.1) is 12.8 Å². The van der Waals surface area contributed by atoms with Gasteiger partial charge in [0.15, 0.2) is 0 Å². The number of aryl methyl sites for hydroxylation is 1. The molecule has 3 aromatic carbocycles. The molecule has 174 valence electrons. The highest BCUT2D eigenvalue weighted by Gasteiger charge is 2.48. The lowest BCUT2D eigenvalue weighted by molar-refractivity contribution is 0.0822. The number of methoxy groups -OCH3 is 1. The van der Waals surface area contributed by atoms with Gasteiger partial charge in [0.05, 0.1) is 7.11 Å². The predicted molar refractivity (Wildman–Crippen MR) is 140 cm³/mol. The van der Waals surface area contributed by atoms with E-state index in [0.29, 0.717) is 5.92 Å². The average molecular weight is 451 g/mol. The van der Waals surface area contributed by atoms with E-state index >= 15 is 0 Å². The smallest absolute Gasteiger partial charge is 0.119 e. The van der Waals surface area contributed by atoms with Crippen LogP contribution in [0.2, 0.25) is 0 Å². The van der Waals surface area contributed by atoms with Gasteiger partial charge in [0, 0.05) is 35.1 Å². The van der Waals surface area contributed by atoms with Gasteiger partial charge in [0.1, 0.15) is 5.75 Å². The van der Waals surface area contributed by atoms with Crippen LogP contribution in [0.25, 0.3) is 10.9 Å². The molecule has 34 heavy (non-hydrogen) atoms. The Morgan fingerprint density at radius 2 is 1.91 bits per heavy atom. The molecule has 1 aliphatic heterocycles. The van der Waals surface area contributed by atoms with Crippen molar-refractivity contribution in [3.05, 3.63) is 101 Å². The number of aromatic amines is 1. The predicted octanol–water partition coefficient (Wildman–Crippen LogP) is 6.09. The Balaban J connectivity index is 1.36. The first-order valence-corrected chi connectivity index (χ1v) is 12.7. The van der Waals surface area contributed by atoms with E-state index in [2.05, 4.69) is 89.6 Å². The Kier molecular flexibility index (Phi) is 5.45. The zero-order valence-corrected chi connectivity index (χ0v) is 20.3. The topological polar surface area (TPSA) is 28.3 Å². The number of rotatable bonds is 5. The second-order valence-electron chi connectivity index (χ2n) is 10.4. The number of nitrogens with zero attached hydrogens (tertiary/aromatic N) is 1. The fourth-order valence-electron chi connectivity index (χ4n) is 6.55. The summed E-state index contributed by atoms with van der Waals surface area (Å²) in [5.74, 6) is 1.56. The van der Waals surface area contributed by atoms with Crippen LogP contribution in [0.5, 0.6) is 5.75 Å². The van der Waals surface area contributed by atoms with Crippen molar-refractivity contribution in [1.82, 2.24) is 9.88 Å². The molecule has 1 saturated heterocycles. The number of hydrogen-bond donors (Lipinski definition) is 1. The SMILES string of the molecule is COc1cccc(C23CCN(CCc4ccccc4)CC2Cc2c([nH]c4ccc(C)cc24)C3)c1. The van der Waals surface area contributed by atoms with Crippen molar-refractivity contribution < 1.29 is 4.74 Å². The fraction of sp³-hybridized carbons (Fsp3) is 0.355. The standard InChI is InChI=1S/C31H34N2O/c1-22-11-12-29-27(17-22)28-19-25-21-33(15-13-23-7-4-3-5-8-23)16-14-31(25,20-30(28)32-29)24-9-6-10-26(18-24)34-2/h3-12,17-18,25,32H,13-16,19-21H2,1-2H3. The zero-order chi connectivity index (χ0) is 23.1. The third-order valence-electron chi connectivity index (χ3n) is 8.43. The van der Waals surface area contributed by atoms with Crippen LogP contribution < -0.4 is 4.74 Å². The Bertz CT molecular complexity index is 1310. The maximum absolute atomic E-state index is 5.64. The van der Waals surface area contributed by atoms with Crippen molar-refractivity contribution >= 4 is 10.9 Å². The molecule has 0 saturated carbocycles. The van der Waals surface area contributed by atoms with E-state index in [0.717, 1.165) is 44.6 Å². The molecule has 0 spiro atoms. The Morgan fingerprint density at radius 3 is 2.76 bits per heavy atom. The number of nitrogens with one attached hydrogen (secondary N) is 1. The second-order valence-corrected chi connectivity index (χ2v) is 10.4. The molecule has 1 N–H and O–H groups in total. The average Bonchev–Trinajstić information content (AvgIpc) is 3.22. The largest absolute Gasteiger partial charge is 0.497 e. The van der Waals surface area contributed by atoms with E-state index in [4.69, 9.17) is 4.74 Å². The van der Waals surface area contributed by atoms with Gasteiger partial charge < -0.3 is 14.6 Å². The molecule has 0 radical (unpaired) electrons. The quantitative estimate of drug-likeness (QED) is 0.399. The van der Waals surface area contributed by atoms with Crippen molar-refractivity contribution in [2.45, 2.75) is 38.0 Å². The number of likely N-dealkylation sites (tertiary alicyclic amines) is 1. The number of hydrogen-bond acceptors (Lipinski definition) is 2. The lowest BCUT2D eigenvalue weighted by atomic mass is 9.58. The Hall–Kier alpha value is -3.04. The molecule has 6 rings (SSSR count). The molecular weight excluding hydrogens is 416 g/mol. The lowest BCUT2D eigenvalue weighted by Gasteiger charge is -2.51. The second kappa shape index (κ2) is 8.63. The maximum Gasteiger partial charge on any atom is 0.119 e. The zero-order valence-electron chi connectivity index (χ0n) is 20.3. The summed E-state index contributed by atoms with van der Waals surface area (Å²) in [5, 5.41) is 1.43. The minimum Gasteiger partial charge on any atom is -0.497 e. The minimum absolute atomic E-state index is 0.153. The molecular formula is C31H34N2O. The molecule has 3 heteroatoms. The van der Waals surface area contributed by atoms with Gasteiger partial charge in [0.25, 0.3) is 0 Å². The molecule has 0 bridgehead atoms. The molecule has 2 unspecified atom stereocenters. The summed E-state index contributed by atoms with van der Waals surface area (Å²) in [4.78, 5) is 6.52. The molecule has 1 aromatic heterocycles. The van der Waals surface area contributed by atoms with Gasteiger partial charge in [-0.1, -0.05) is 54.1 Å². The number of piperidine rings is 1. The summed E-state index contributed by atoms with van der Waals surface area (Å²) in [7, 11) is 1.78. The summed E-state index contributed by atoms with van der Waals surface area (Å²) in [6.45, 7) is 5.64. The van der Waals surface area contributed by atoms with Gasteiger partial charge in [-0.25, -0.2) is 0 Å². The number of ether oxygens (including phenoxy) is 1. The third kappa shape index (κ3) is 3.73. The van der Waals surface area contributed by atoms with E-state index in [-0.39, 0.29) is 5.41 Å². The first kappa shape index (κ1) is 21.5. The third-order valence-corrected chi connectivity index (χ3v) is 8.43. The number of fused-ring (bicyclic) bond motifs is 4. The molecule has 4 aromatic rings. The van der Waals surface area contributed by atoms with Gasteiger partial charge in [-0.3, -0.25) is 0 Å².